The highest BCUT2D eigenvalue weighted by molar-refractivity contribution is 9.10. The zero-order valence-corrected chi connectivity index (χ0v) is 19.7. The van der Waals surface area contributed by atoms with Crippen LogP contribution in [0.3, 0.4) is 0 Å². The molecule has 1 aliphatic carbocycles. The first kappa shape index (κ1) is 20.5. The second kappa shape index (κ2) is 8.70. The normalized spacial score (nSPS) is 17.7. The van der Waals surface area contributed by atoms with E-state index in [1.54, 1.807) is 6.33 Å². The molecule has 1 saturated carbocycles. The Morgan fingerprint density at radius 1 is 1.12 bits per heavy atom. The maximum atomic E-state index is 5.75. The topological polar surface area (TPSA) is 80.8 Å². The molecular formula is C24H24BrN7O. The first-order valence-corrected chi connectivity index (χ1v) is 12.2. The molecular weight excluding hydrogens is 482 g/mol. The fraction of sp³-hybridized carbons (Fsp3) is 0.375. The van der Waals surface area contributed by atoms with Crippen molar-refractivity contribution in [2.75, 3.05) is 24.6 Å². The minimum absolute atomic E-state index is 0.304. The van der Waals surface area contributed by atoms with Crippen molar-refractivity contribution in [1.29, 1.82) is 0 Å². The fourth-order valence-electron chi connectivity index (χ4n) is 4.51. The molecule has 4 aromatic rings. The van der Waals surface area contributed by atoms with Crippen LogP contribution in [0.4, 0.5) is 5.69 Å². The van der Waals surface area contributed by atoms with Crippen molar-refractivity contribution in [3.63, 3.8) is 0 Å². The Bertz CT molecular complexity index is 1310. The molecule has 1 aliphatic heterocycles. The highest BCUT2D eigenvalue weighted by Gasteiger charge is 2.28. The number of anilines is 1. The van der Waals surface area contributed by atoms with Gasteiger partial charge < -0.3 is 9.74 Å². The lowest BCUT2D eigenvalue weighted by molar-refractivity contribution is 0.132. The van der Waals surface area contributed by atoms with Crippen LogP contribution in [0.15, 0.2) is 58.7 Å². The van der Waals surface area contributed by atoms with Crippen molar-refractivity contribution < 1.29 is 4.84 Å². The summed E-state index contributed by atoms with van der Waals surface area (Å²) in [7, 11) is 0. The van der Waals surface area contributed by atoms with Gasteiger partial charge in [-0.05, 0) is 71.8 Å². The van der Waals surface area contributed by atoms with Gasteiger partial charge in [0.25, 0.3) is 0 Å². The van der Waals surface area contributed by atoms with E-state index in [-0.39, 0.29) is 0 Å². The molecule has 168 valence electrons. The molecule has 0 amide bonds. The number of hydrogen-bond donors (Lipinski definition) is 0. The largest absolute Gasteiger partial charge is 0.395 e. The van der Waals surface area contributed by atoms with Crippen LogP contribution in [0.2, 0.25) is 0 Å². The predicted octanol–water partition coefficient (Wildman–Crippen LogP) is 4.48. The van der Waals surface area contributed by atoms with Crippen LogP contribution in [-0.2, 0) is 4.84 Å². The third kappa shape index (κ3) is 4.17. The number of piperidine rings is 1. The molecule has 0 spiro atoms. The van der Waals surface area contributed by atoms with Gasteiger partial charge in [0.15, 0.2) is 5.65 Å². The molecule has 0 radical (unpaired) electrons. The summed E-state index contributed by atoms with van der Waals surface area (Å²) in [5.41, 5.74) is 5.74. The van der Waals surface area contributed by atoms with Crippen LogP contribution in [0.1, 0.15) is 31.4 Å². The molecule has 0 atom stereocenters. The molecule has 0 N–H and O–H groups in total. The number of oxime groups is 1. The number of rotatable bonds is 6. The Morgan fingerprint density at radius 2 is 2.00 bits per heavy atom. The summed E-state index contributed by atoms with van der Waals surface area (Å²) >= 11 is 3.53. The first-order chi connectivity index (χ1) is 16.3. The zero-order chi connectivity index (χ0) is 22.2. The molecule has 6 rings (SSSR count). The van der Waals surface area contributed by atoms with Gasteiger partial charge in [0, 0.05) is 31.3 Å². The summed E-state index contributed by atoms with van der Waals surface area (Å²) in [5, 5.41) is 13.0. The monoisotopic (exact) mass is 505 g/mol. The van der Waals surface area contributed by atoms with E-state index in [0.717, 1.165) is 64.3 Å². The van der Waals surface area contributed by atoms with Gasteiger partial charge in [0.1, 0.15) is 28.8 Å². The van der Waals surface area contributed by atoms with E-state index in [2.05, 4.69) is 53.3 Å². The summed E-state index contributed by atoms with van der Waals surface area (Å²) in [5.74, 6) is 0.978. The van der Waals surface area contributed by atoms with E-state index in [9.17, 15) is 0 Å². The highest BCUT2D eigenvalue weighted by atomic mass is 79.9. The Morgan fingerprint density at radius 3 is 2.79 bits per heavy atom. The first-order valence-electron chi connectivity index (χ1n) is 11.4. The van der Waals surface area contributed by atoms with Crippen molar-refractivity contribution >= 4 is 44.0 Å². The van der Waals surface area contributed by atoms with Gasteiger partial charge in [-0.25, -0.2) is 4.98 Å². The zero-order valence-electron chi connectivity index (χ0n) is 18.1. The Labute approximate surface area is 199 Å². The molecule has 4 aromatic heterocycles. The van der Waals surface area contributed by atoms with Crippen molar-refractivity contribution in [3.8, 4) is 0 Å². The number of halogens is 1. The number of hydrogen-bond acceptors (Lipinski definition) is 7. The van der Waals surface area contributed by atoms with Crippen molar-refractivity contribution in [3.05, 3.63) is 59.2 Å². The number of pyridine rings is 3. The standard InChI is InChI=1S/C24H24BrN7O/c25-21-7-6-19-24(28-21)20(13-22-29-27-15-32(19)22)31-11-8-17(9-12-31)23(18-3-1-2-10-26-18)30-33-14-16-4-5-16/h1-3,6-7,10,13,15-17H,4-5,8-9,11-12,14H2/b30-23+. The second-order valence-electron chi connectivity index (χ2n) is 8.78. The molecule has 0 aromatic carbocycles. The van der Waals surface area contributed by atoms with Crippen molar-refractivity contribution in [1.82, 2.24) is 24.6 Å². The van der Waals surface area contributed by atoms with E-state index in [0.29, 0.717) is 18.4 Å². The van der Waals surface area contributed by atoms with Crippen LogP contribution in [0.25, 0.3) is 16.7 Å². The quantitative estimate of drug-likeness (QED) is 0.218. The second-order valence-corrected chi connectivity index (χ2v) is 9.59. The fourth-order valence-corrected chi connectivity index (χ4v) is 4.82. The average molecular weight is 506 g/mol. The van der Waals surface area contributed by atoms with Gasteiger partial charge >= 0.3 is 0 Å². The van der Waals surface area contributed by atoms with Crippen molar-refractivity contribution in [2.45, 2.75) is 25.7 Å². The minimum atomic E-state index is 0.304. The molecule has 5 heterocycles. The van der Waals surface area contributed by atoms with Gasteiger partial charge in [-0.3, -0.25) is 9.38 Å². The SMILES string of the molecule is Brc1ccc2c(n1)c(N1CCC(/C(=N\OCC3CC3)c3ccccn3)CC1)cc1nncn12. The molecule has 0 unspecified atom stereocenters. The lowest BCUT2D eigenvalue weighted by Crippen LogP contribution is -2.37. The van der Waals surface area contributed by atoms with Crippen LogP contribution in [-0.4, -0.2) is 50.0 Å². The van der Waals surface area contributed by atoms with Gasteiger partial charge in [-0.1, -0.05) is 11.2 Å². The number of aromatic nitrogens is 5. The predicted molar refractivity (Wildman–Crippen MR) is 130 cm³/mol. The molecule has 33 heavy (non-hydrogen) atoms. The Kier molecular flexibility index (Phi) is 5.41. The minimum Gasteiger partial charge on any atom is -0.395 e. The van der Waals surface area contributed by atoms with Gasteiger partial charge in [0.2, 0.25) is 0 Å². The lowest BCUT2D eigenvalue weighted by Gasteiger charge is -2.34. The lowest BCUT2D eigenvalue weighted by atomic mass is 9.89. The van der Waals surface area contributed by atoms with E-state index in [1.807, 2.05) is 34.9 Å². The summed E-state index contributed by atoms with van der Waals surface area (Å²) in [6.45, 7) is 2.50. The summed E-state index contributed by atoms with van der Waals surface area (Å²) in [6, 6.07) is 12.1. The smallest absolute Gasteiger partial charge is 0.163 e. The maximum absolute atomic E-state index is 5.75. The third-order valence-electron chi connectivity index (χ3n) is 6.50. The van der Waals surface area contributed by atoms with E-state index in [4.69, 9.17) is 9.82 Å². The van der Waals surface area contributed by atoms with Gasteiger partial charge in [0.05, 0.1) is 16.9 Å². The molecule has 8 nitrogen and oxygen atoms in total. The van der Waals surface area contributed by atoms with E-state index in [1.165, 1.54) is 12.8 Å². The summed E-state index contributed by atoms with van der Waals surface area (Å²) < 4.78 is 2.80. The molecule has 1 saturated heterocycles. The van der Waals surface area contributed by atoms with E-state index < -0.39 is 0 Å². The van der Waals surface area contributed by atoms with Crippen LogP contribution < -0.4 is 4.90 Å². The number of fused-ring (bicyclic) bond motifs is 3. The molecule has 9 heteroatoms. The average Bonchev–Trinajstić information content (AvgIpc) is 3.56. The maximum Gasteiger partial charge on any atom is 0.163 e. The Hall–Kier alpha value is -3.07. The highest BCUT2D eigenvalue weighted by Crippen LogP contribution is 2.33. The van der Waals surface area contributed by atoms with Gasteiger partial charge in [-0.15, -0.1) is 10.2 Å². The molecule has 2 aliphatic rings. The Balaban J connectivity index is 1.27. The summed E-state index contributed by atoms with van der Waals surface area (Å²) in [6.07, 6.45) is 8.00. The third-order valence-corrected chi connectivity index (χ3v) is 6.94. The van der Waals surface area contributed by atoms with Crippen LogP contribution in [0, 0.1) is 11.8 Å². The van der Waals surface area contributed by atoms with Crippen molar-refractivity contribution in [2.24, 2.45) is 17.0 Å². The molecule has 2 fully saturated rings. The number of nitrogens with zero attached hydrogens (tertiary/aromatic N) is 7. The molecule has 0 bridgehead atoms. The van der Waals surface area contributed by atoms with Crippen LogP contribution >= 0.6 is 15.9 Å². The van der Waals surface area contributed by atoms with E-state index >= 15 is 0 Å². The summed E-state index contributed by atoms with van der Waals surface area (Å²) in [4.78, 5) is 17.5. The van der Waals surface area contributed by atoms with Gasteiger partial charge in [-0.2, -0.15) is 0 Å². The van der Waals surface area contributed by atoms with Crippen LogP contribution in [0.5, 0.6) is 0 Å².